The van der Waals surface area contributed by atoms with Crippen LogP contribution < -0.4 is 4.74 Å². The van der Waals surface area contributed by atoms with Gasteiger partial charge in [0.25, 0.3) is 5.91 Å². The van der Waals surface area contributed by atoms with E-state index >= 15 is 0 Å². The molecule has 1 amide bonds. The Morgan fingerprint density at radius 3 is 3.15 bits per heavy atom. The summed E-state index contributed by atoms with van der Waals surface area (Å²) in [6.45, 7) is 1.97. The lowest BCUT2D eigenvalue weighted by molar-refractivity contribution is 0.0734. The Bertz CT molecular complexity index is 678. The first-order valence-corrected chi connectivity index (χ1v) is 6.78. The van der Waals surface area contributed by atoms with Crippen LogP contribution in [-0.2, 0) is 19.4 Å². The predicted molar refractivity (Wildman–Crippen MR) is 70.6 cm³/mol. The topological polar surface area (TPSA) is 55.6 Å². The van der Waals surface area contributed by atoms with Crippen molar-refractivity contribution in [1.82, 2.24) is 10.1 Å². The lowest BCUT2D eigenvalue weighted by Gasteiger charge is -2.26. The molecule has 0 unspecified atom stereocenters. The number of carbonyl (C=O) groups is 1. The predicted octanol–water partition coefficient (Wildman–Crippen LogP) is 1.81. The van der Waals surface area contributed by atoms with Gasteiger partial charge in [0.15, 0.2) is 0 Å². The molecule has 0 bridgehead atoms. The molecule has 1 aromatic carbocycles. The van der Waals surface area contributed by atoms with Gasteiger partial charge in [0, 0.05) is 30.5 Å². The Labute approximate surface area is 116 Å². The van der Waals surface area contributed by atoms with E-state index in [0.717, 1.165) is 41.0 Å². The van der Waals surface area contributed by atoms with Gasteiger partial charge in [0.05, 0.1) is 18.8 Å². The summed E-state index contributed by atoms with van der Waals surface area (Å²) in [5.41, 5.74) is 3.83. The van der Waals surface area contributed by atoms with Crippen LogP contribution in [0.2, 0.25) is 0 Å². The van der Waals surface area contributed by atoms with Crippen LogP contribution in [0.5, 0.6) is 5.75 Å². The van der Waals surface area contributed by atoms with Crippen LogP contribution in [0.1, 0.15) is 27.2 Å². The fourth-order valence-electron chi connectivity index (χ4n) is 2.82. The number of hydrogen-bond acceptors (Lipinski definition) is 4. The first-order valence-electron chi connectivity index (χ1n) is 6.78. The Hall–Kier alpha value is -2.30. The maximum atomic E-state index is 12.6. The van der Waals surface area contributed by atoms with E-state index in [2.05, 4.69) is 5.16 Å². The van der Waals surface area contributed by atoms with Gasteiger partial charge in [0.1, 0.15) is 12.0 Å². The monoisotopic (exact) mass is 270 g/mol. The lowest BCUT2D eigenvalue weighted by atomic mass is 10.0. The Balaban J connectivity index is 1.59. The van der Waals surface area contributed by atoms with Crippen molar-refractivity contribution < 1.29 is 14.1 Å². The number of hydrogen-bond donors (Lipinski definition) is 0. The molecule has 0 atom stereocenters. The summed E-state index contributed by atoms with van der Waals surface area (Å²) in [5.74, 6) is 0.966. The molecule has 4 rings (SSSR count). The Morgan fingerprint density at radius 2 is 2.20 bits per heavy atom. The standard InChI is InChI=1S/C15H14N2O3/c18-15(11-1-2-14-10(7-11)4-6-19-14)17-5-3-13-12(8-17)9-20-16-13/h1-2,7,9H,3-6,8H2. The highest BCUT2D eigenvalue weighted by atomic mass is 16.5. The minimum atomic E-state index is 0.0616. The second-order valence-corrected chi connectivity index (χ2v) is 5.18. The summed E-state index contributed by atoms with van der Waals surface area (Å²) in [7, 11) is 0. The van der Waals surface area contributed by atoms with Gasteiger partial charge in [0.2, 0.25) is 0 Å². The fraction of sp³-hybridized carbons (Fsp3) is 0.333. The number of rotatable bonds is 1. The maximum Gasteiger partial charge on any atom is 0.254 e. The average molecular weight is 270 g/mol. The zero-order valence-corrected chi connectivity index (χ0v) is 11.0. The summed E-state index contributed by atoms with van der Waals surface area (Å²) < 4.78 is 10.4. The molecule has 0 aliphatic carbocycles. The van der Waals surface area contributed by atoms with Gasteiger partial charge in [-0.15, -0.1) is 0 Å². The number of fused-ring (bicyclic) bond motifs is 2. The fourth-order valence-corrected chi connectivity index (χ4v) is 2.82. The van der Waals surface area contributed by atoms with E-state index in [1.165, 1.54) is 0 Å². The van der Waals surface area contributed by atoms with Crippen molar-refractivity contribution >= 4 is 5.91 Å². The van der Waals surface area contributed by atoms with Crippen LogP contribution in [0.3, 0.4) is 0 Å². The Morgan fingerprint density at radius 1 is 1.25 bits per heavy atom. The summed E-state index contributed by atoms with van der Waals surface area (Å²) >= 11 is 0. The molecule has 0 radical (unpaired) electrons. The van der Waals surface area contributed by atoms with E-state index in [-0.39, 0.29) is 5.91 Å². The van der Waals surface area contributed by atoms with E-state index in [1.807, 2.05) is 23.1 Å². The molecule has 2 aliphatic heterocycles. The number of aromatic nitrogens is 1. The van der Waals surface area contributed by atoms with Gasteiger partial charge in [-0.2, -0.15) is 0 Å². The van der Waals surface area contributed by atoms with Crippen LogP contribution in [0, 0.1) is 0 Å². The first kappa shape index (κ1) is 11.5. The van der Waals surface area contributed by atoms with Crippen molar-refractivity contribution in [2.24, 2.45) is 0 Å². The SMILES string of the molecule is O=C(c1ccc2c(c1)CCO2)N1CCc2nocc2C1. The van der Waals surface area contributed by atoms with Gasteiger partial charge in [-0.1, -0.05) is 5.16 Å². The molecule has 2 aromatic rings. The van der Waals surface area contributed by atoms with E-state index in [0.29, 0.717) is 19.7 Å². The molecule has 1 aromatic heterocycles. The number of ether oxygens (including phenoxy) is 1. The van der Waals surface area contributed by atoms with Crippen molar-refractivity contribution in [3.05, 3.63) is 46.8 Å². The summed E-state index contributed by atoms with van der Waals surface area (Å²) in [4.78, 5) is 14.4. The molecule has 5 heteroatoms. The van der Waals surface area contributed by atoms with Crippen LogP contribution >= 0.6 is 0 Å². The minimum Gasteiger partial charge on any atom is -0.493 e. The highest BCUT2D eigenvalue weighted by Crippen LogP contribution is 2.27. The highest BCUT2D eigenvalue weighted by Gasteiger charge is 2.25. The molecule has 0 N–H and O–H groups in total. The van der Waals surface area contributed by atoms with Crippen LogP contribution in [-0.4, -0.2) is 29.1 Å². The van der Waals surface area contributed by atoms with Crippen molar-refractivity contribution in [3.63, 3.8) is 0 Å². The number of benzene rings is 1. The molecule has 0 fully saturated rings. The number of carbonyl (C=O) groups excluding carboxylic acids is 1. The molecular formula is C15H14N2O3. The Kier molecular flexibility index (Phi) is 2.52. The average Bonchev–Trinajstić information content (AvgIpc) is 3.13. The van der Waals surface area contributed by atoms with E-state index in [4.69, 9.17) is 9.26 Å². The summed E-state index contributed by atoms with van der Waals surface area (Å²) in [5, 5.41) is 3.94. The van der Waals surface area contributed by atoms with Crippen LogP contribution in [0.4, 0.5) is 0 Å². The summed E-state index contributed by atoms with van der Waals surface area (Å²) in [6, 6.07) is 5.69. The summed E-state index contributed by atoms with van der Waals surface area (Å²) in [6.07, 6.45) is 3.27. The van der Waals surface area contributed by atoms with Crippen molar-refractivity contribution in [2.75, 3.05) is 13.2 Å². The van der Waals surface area contributed by atoms with E-state index < -0.39 is 0 Å². The molecule has 3 heterocycles. The zero-order valence-electron chi connectivity index (χ0n) is 11.0. The van der Waals surface area contributed by atoms with Gasteiger partial charge >= 0.3 is 0 Å². The molecule has 2 aliphatic rings. The van der Waals surface area contributed by atoms with E-state index in [9.17, 15) is 4.79 Å². The van der Waals surface area contributed by atoms with Gasteiger partial charge in [-0.05, 0) is 23.8 Å². The van der Waals surface area contributed by atoms with Crippen molar-refractivity contribution in [3.8, 4) is 5.75 Å². The van der Waals surface area contributed by atoms with Gasteiger partial charge < -0.3 is 14.2 Å². The molecular weight excluding hydrogens is 256 g/mol. The second kappa shape index (κ2) is 4.37. The number of amides is 1. The van der Waals surface area contributed by atoms with Gasteiger partial charge in [-0.3, -0.25) is 4.79 Å². The highest BCUT2D eigenvalue weighted by molar-refractivity contribution is 5.94. The maximum absolute atomic E-state index is 12.6. The van der Waals surface area contributed by atoms with Crippen LogP contribution in [0.25, 0.3) is 0 Å². The first-order chi connectivity index (χ1) is 9.81. The molecule has 0 saturated heterocycles. The van der Waals surface area contributed by atoms with Crippen LogP contribution in [0.15, 0.2) is 29.0 Å². The normalized spacial score (nSPS) is 16.5. The second-order valence-electron chi connectivity index (χ2n) is 5.18. The third-order valence-corrected chi connectivity index (χ3v) is 3.93. The number of nitrogens with zero attached hydrogens (tertiary/aromatic N) is 2. The molecule has 102 valence electrons. The van der Waals surface area contributed by atoms with Crippen molar-refractivity contribution in [1.29, 1.82) is 0 Å². The lowest BCUT2D eigenvalue weighted by Crippen LogP contribution is -2.35. The molecule has 0 saturated carbocycles. The molecule has 0 spiro atoms. The van der Waals surface area contributed by atoms with E-state index in [1.54, 1.807) is 6.26 Å². The zero-order chi connectivity index (χ0) is 13.5. The molecule has 5 nitrogen and oxygen atoms in total. The quantitative estimate of drug-likeness (QED) is 0.793. The van der Waals surface area contributed by atoms with Crippen molar-refractivity contribution in [2.45, 2.75) is 19.4 Å². The third-order valence-electron chi connectivity index (χ3n) is 3.93. The largest absolute Gasteiger partial charge is 0.493 e. The molecule has 20 heavy (non-hydrogen) atoms. The smallest absolute Gasteiger partial charge is 0.254 e. The third kappa shape index (κ3) is 1.78. The van der Waals surface area contributed by atoms with Gasteiger partial charge in [-0.25, -0.2) is 0 Å². The minimum absolute atomic E-state index is 0.0616.